The molecular weight excluding hydrogens is 322 g/mol. The molecule has 7 heteroatoms. The number of nitrogens with one attached hydrogen (secondary N) is 3. The van der Waals surface area contributed by atoms with Crippen LogP contribution in [0.15, 0.2) is 54.6 Å². The Bertz CT molecular complexity index is 854. The zero-order valence-corrected chi connectivity index (χ0v) is 13.3. The molecule has 0 spiro atoms. The zero-order valence-electron chi connectivity index (χ0n) is 13.3. The summed E-state index contributed by atoms with van der Waals surface area (Å²) in [5, 5.41) is 12.3. The standard InChI is InChI=1S/C18H17N3O4/c22-17(21-24)12-5-7-14(8-6-12)25-10-9-19-18(23)16-11-13-3-1-2-4-15(13)20-16/h1-8,11,20,24H,9-10H2,(H,19,23)(H,21,22). The van der Waals surface area contributed by atoms with E-state index in [2.05, 4.69) is 10.3 Å². The minimum absolute atomic E-state index is 0.199. The highest BCUT2D eigenvalue weighted by Gasteiger charge is 2.08. The average Bonchev–Trinajstić information content (AvgIpc) is 3.09. The molecule has 3 aromatic rings. The molecular formula is C18H17N3O4. The van der Waals surface area contributed by atoms with Crippen molar-refractivity contribution in [1.82, 2.24) is 15.8 Å². The third-order valence-electron chi connectivity index (χ3n) is 3.65. The lowest BCUT2D eigenvalue weighted by Crippen LogP contribution is -2.28. The van der Waals surface area contributed by atoms with Crippen molar-refractivity contribution in [3.63, 3.8) is 0 Å². The van der Waals surface area contributed by atoms with Crippen LogP contribution in [0.25, 0.3) is 10.9 Å². The van der Waals surface area contributed by atoms with Gasteiger partial charge in [-0.25, -0.2) is 5.48 Å². The largest absolute Gasteiger partial charge is 0.492 e. The van der Waals surface area contributed by atoms with E-state index in [1.165, 1.54) is 12.1 Å². The molecule has 2 aromatic carbocycles. The summed E-state index contributed by atoms with van der Waals surface area (Å²) in [6.07, 6.45) is 0. The summed E-state index contributed by atoms with van der Waals surface area (Å²) in [6.45, 7) is 0.630. The van der Waals surface area contributed by atoms with E-state index in [-0.39, 0.29) is 12.5 Å². The van der Waals surface area contributed by atoms with Crippen molar-refractivity contribution in [2.75, 3.05) is 13.2 Å². The van der Waals surface area contributed by atoms with Gasteiger partial charge < -0.3 is 15.0 Å². The van der Waals surface area contributed by atoms with Gasteiger partial charge in [-0.1, -0.05) is 18.2 Å². The highest BCUT2D eigenvalue weighted by molar-refractivity contribution is 5.98. The van der Waals surface area contributed by atoms with Gasteiger partial charge in [-0.15, -0.1) is 0 Å². The Morgan fingerprint density at radius 3 is 2.52 bits per heavy atom. The minimum Gasteiger partial charge on any atom is -0.492 e. The first-order valence-electron chi connectivity index (χ1n) is 7.70. The van der Waals surface area contributed by atoms with Crippen LogP contribution in [0.5, 0.6) is 5.75 Å². The third-order valence-corrected chi connectivity index (χ3v) is 3.65. The number of hydrogen-bond acceptors (Lipinski definition) is 4. The van der Waals surface area contributed by atoms with Crippen LogP contribution in [0.3, 0.4) is 0 Å². The number of benzene rings is 2. The summed E-state index contributed by atoms with van der Waals surface area (Å²) < 4.78 is 5.50. The summed E-state index contributed by atoms with van der Waals surface area (Å²) >= 11 is 0. The fourth-order valence-electron chi connectivity index (χ4n) is 2.39. The number of hydroxylamine groups is 1. The monoisotopic (exact) mass is 339 g/mol. The Kier molecular flexibility index (Phi) is 4.96. The number of amides is 2. The lowest BCUT2D eigenvalue weighted by Gasteiger charge is -2.07. The molecule has 0 saturated carbocycles. The molecule has 0 aliphatic carbocycles. The summed E-state index contributed by atoms with van der Waals surface area (Å²) in [6, 6.07) is 15.8. The van der Waals surface area contributed by atoms with Crippen molar-refractivity contribution < 1.29 is 19.5 Å². The number of fused-ring (bicyclic) bond motifs is 1. The first-order valence-corrected chi connectivity index (χ1v) is 7.70. The Balaban J connectivity index is 1.47. The van der Waals surface area contributed by atoms with Gasteiger partial charge in [-0.05, 0) is 36.4 Å². The molecule has 0 fully saturated rings. The van der Waals surface area contributed by atoms with Crippen molar-refractivity contribution in [1.29, 1.82) is 0 Å². The lowest BCUT2D eigenvalue weighted by molar-refractivity contribution is 0.0706. The number of rotatable bonds is 6. The van der Waals surface area contributed by atoms with Crippen LogP contribution in [0.2, 0.25) is 0 Å². The number of carbonyl (C=O) groups is 2. The van der Waals surface area contributed by atoms with Gasteiger partial charge in [0.2, 0.25) is 0 Å². The van der Waals surface area contributed by atoms with Crippen LogP contribution in [0, 0.1) is 0 Å². The van der Waals surface area contributed by atoms with Crippen molar-refractivity contribution in [3.8, 4) is 5.75 Å². The fraction of sp³-hybridized carbons (Fsp3) is 0.111. The molecule has 0 unspecified atom stereocenters. The maximum Gasteiger partial charge on any atom is 0.274 e. The van der Waals surface area contributed by atoms with E-state index < -0.39 is 5.91 Å². The van der Waals surface area contributed by atoms with E-state index in [9.17, 15) is 9.59 Å². The molecule has 128 valence electrons. The van der Waals surface area contributed by atoms with Crippen molar-refractivity contribution in [3.05, 3.63) is 65.9 Å². The van der Waals surface area contributed by atoms with Crippen LogP contribution in [-0.2, 0) is 0 Å². The van der Waals surface area contributed by atoms with Gasteiger partial charge in [0.1, 0.15) is 18.1 Å². The normalized spacial score (nSPS) is 10.4. The number of hydrogen-bond donors (Lipinski definition) is 4. The highest BCUT2D eigenvalue weighted by Crippen LogP contribution is 2.14. The number of para-hydroxylation sites is 1. The molecule has 0 atom stereocenters. The summed E-state index contributed by atoms with van der Waals surface area (Å²) in [4.78, 5) is 26.4. The highest BCUT2D eigenvalue weighted by atomic mass is 16.5. The molecule has 25 heavy (non-hydrogen) atoms. The second-order valence-electron chi connectivity index (χ2n) is 5.34. The minimum atomic E-state index is -0.586. The van der Waals surface area contributed by atoms with Gasteiger partial charge in [-0.3, -0.25) is 14.8 Å². The van der Waals surface area contributed by atoms with Gasteiger partial charge in [0.05, 0.1) is 6.54 Å². The van der Waals surface area contributed by atoms with Crippen LogP contribution in [0.1, 0.15) is 20.8 Å². The van der Waals surface area contributed by atoms with E-state index in [0.29, 0.717) is 23.6 Å². The predicted octanol–water partition coefficient (Wildman–Crippen LogP) is 2.10. The smallest absolute Gasteiger partial charge is 0.274 e. The van der Waals surface area contributed by atoms with E-state index in [0.717, 1.165) is 10.9 Å². The van der Waals surface area contributed by atoms with Crippen LogP contribution < -0.4 is 15.5 Å². The van der Waals surface area contributed by atoms with Crippen LogP contribution in [0.4, 0.5) is 0 Å². The average molecular weight is 339 g/mol. The summed E-state index contributed by atoms with van der Waals surface area (Å²) in [5.41, 5.74) is 3.30. The van der Waals surface area contributed by atoms with Gasteiger partial charge in [0.25, 0.3) is 11.8 Å². The van der Waals surface area contributed by atoms with E-state index >= 15 is 0 Å². The van der Waals surface area contributed by atoms with Gasteiger partial charge in [0.15, 0.2) is 0 Å². The van der Waals surface area contributed by atoms with Crippen LogP contribution in [-0.4, -0.2) is 35.2 Å². The maximum absolute atomic E-state index is 12.1. The number of H-pyrrole nitrogens is 1. The zero-order chi connectivity index (χ0) is 17.6. The Labute approximate surface area is 143 Å². The quantitative estimate of drug-likeness (QED) is 0.314. The summed E-state index contributed by atoms with van der Waals surface area (Å²) in [7, 11) is 0. The van der Waals surface area contributed by atoms with Crippen molar-refractivity contribution >= 4 is 22.7 Å². The van der Waals surface area contributed by atoms with Crippen LogP contribution >= 0.6 is 0 Å². The summed E-state index contributed by atoms with van der Waals surface area (Å²) in [5.74, 6) is -0.221. The molecule has 0 radical (unpaired) electrons. The number of aromatic nitrogens is 1. The fourth-order valence-corrected chi connectivity index (χ4v) is 2.39. The molecule has 0 aliphatic heterocycles. The second-order valence-corrected chi connectivity index (χ2v) is 5.34. The molecule has 2 amide bonds. The Morgan fingerprint density at radius 1 is 1.04 bits per heavy atom. The number of ether oxygens (including phenoxy) is 1. The predicted molar refractivity (Wildman–Crippen MR) is 91.8 cm³/mol. The molecule has 3 rings (SSSR count). The topological polar surface area (TPSA) is 103 Å². The maximum atomic E-state index is 12.1. The van der Waals surface area contributed by atoms with Crippen molar-refractivity contribution in [2.45, 2.75) is 0 Å². The third kappa shape index (κ3) is 3.96. The number of aromatic amines is 1. The molecule has 1 aromatic heterocycles. The van der Waals surface area contributed by atoms with Gasteiger partial charge in [0, 0.05) is 16.5 Å². The SMILES string of the molecule is O=C(NO)c1ccc(OCCNC(=O)c2cc3ccccc3[nH]2)cc1. The first-order chi connectivity index (χ1) is 12.2. The van der Waals surface area contributed by atoms with E-state index in [1.54, 1.807) is 23.7 Å². The Hall–Kier alpha value is -3.32. The Morgan fingerprint density at radius 2 is 1.80 bits per heavy atom. The molecule has 0 bridgehead atoms. The molecule has 0 aliphatic rings. The van der Waals surface area contributed by atoms with Gasteiger partial charge >= 0.3 is 0 Å². The number of carbonyl (C=O) groups excluding carboxylic acids is 2. The van der Waals surface area contributed by atoms with Crippen molar-refractivity contribution in [2.24, 2.45) is 0 Å². The lowest BCUT2D eigenvalue weighted by atomic mass is 10.2. The van der Waals surface area contributed by atoms with E-state index in [1.807, 2.05) is 24.3 Å². The molecule has 7 nitrogen and oxygen atoms in total. The molecule has 4 N–H and O–H groups in total. The van der Waals surface area contributed by atoms with E-state index in [4.69, 9.17) is 9.94 Å². The van der Waals surface area contributed by atoms with Gasteiger partial charge in [-0.2, -0.15) is 0 Å². The molecule has 1 heterocycles. The second kappa shape index (κ2) is 7.50. The first kappa shape index (κ1) is 16.5. The molecule has 0 saturated heterocycles.